The Balaban J connectivity index is 2.33. The Morgan fingerprint density at radius 3 is 2.65 bits per heavy atom. The van der Waals surface area contributed by atoms with Gasteiger partial charge in [0.2, 0.25) is 5.88 Å². The van der Waals surface area contributed by atoms with E-state index < -0.39 is 11.6 Å². The quantitative estimate of drug-likeness (QED) is 0.764. The zero-order chi connectivity index (χ0) is 12.8. The van der Waals surface area contributed by atoms with Gasteiger partial charge >= 0.3 is 6.18 Å². The molecule has 1 aliphatic heterocycles. The fourth-order valence-corrected chi connectivity index (χ4v) is 1.83. The molecule has 1 aromatic rings. The van der Waals surface area contributed by atoms with Crippen molar-refractivity contribution in [3.63, 3.8) is 0 Å². The molecule has 0 amide bonds. The van der Waals surface area contributed by atoms with Crippen LogP contribution in [0.3, 0.4) is 0 Å². The number of fused-ring (bicyclic) bond motifs is 1. The van der Waals surface area contributed by atoms with Crippen LogP contribution in [0, 0.1) is 5.41 Å². The van der Waals surface area contributed by atoms with Gasteiger partial charge in [0.15, 0.2) is 0 Å². The lowest BCUT2D eigenvalue weighted by molar-refractivity contribution is -0.238. The molecule has 0 N–H and O–H groups in total. The third kappa shape index (κ3) is 1.89. The molecule has 2 rings (SSSR count). The number of hydrogen-bond donors (Lipinski definition) is 0. The van der Waals surface area contributed by atoms with Crippen molar-refractivity contribution in [1.82, 2.24) is 9.78 Å². The molecule has 17 heavy (non-hydrogen) atoms. The Morgan fingerprint density at radius 1 is 1.47 bits per heavy atom. The van der Waals surface area contributed by atoms with Gasteiger partial charge in [-0.3, -0.25) is 0 Å². The van der Waals surface area contributed by atoms with E-state index in [1.165, 1.54) is 4.68 Å². The van der Waals surface area contributed by atoms with Crippen molar-refractivity contribution >= 4 is 0 Å². The van der Waals surface area contributed by atoms with Gasteiger partial charge in [0.25, 0.3) is 0 Å². The van der Waals surface area contributed by atoms with Gasteiger partial charge in [-0.1, -0.05) is 13.8 Å². The van der Waals surface area contributed by atoms with Crippen LogP contribution in [0.1, 0.15) is 32.3 Å². The largest absolute Gasteiger partial charge is 0.477 e. The average Bonchev–Trinajstić information content (AvgIpc) is 2.58. The number of aromatic nitrogens is 2. The zero-order valence-corrected chi connectivity index (χ0v) is 10.0. The summed E-state index contributed by atoms with van der Waals surface area (Å²) in [5.41, 5.74) is -1.01. The van der Waals surface area contributed by atoms with E-state index in [0.29, 0.717) is 5.88 Å². The SMILES string of the molecule is CC(C)c1cnn2c1OCC(C)(C(F)(F)F)C2. The summed E-state index contributed by atoms with van der Waals surface area (Å²) in [6, 6.07) is 0. The predicted octanol–water partition coefficient (Wildman–Crippen LogP) is 2.97. The highest BCUT2D eigenvalue weighted by Crippen LogP contribution is 2.44. The lowest BCUT2D eigenvalue weighted by Crippen LogP contribution is -2.47. The van der Waals surface area contributed by atoms with Gasteiger partial charge in [-0.2, -0.15) is 18.3 Å². The van der Waals surface area contributed by atoms with Crippen LogP contribution in [0.15, 0.2) is 6.20 Å². The van der Waals surface area contributed by atoms with E-state index in [0.717, 1.165) is 12.5 Å². The van der Waals surface area contributed by atoms with Crippen LogP contribution < -0.4 is 4.74 Å². The fraction of sp³-hybridized carbons (Fsp3) is 0.727. The molecule has 1 aliphatic rings. The van der Waals surface area contributed by atoms with Gasteiger partial charge in [0, 0.05) is 5.56 Å². The topological polar surface area (TPSA) is 27.1 Å². The number of rotatable bonds is 1. The number of hydrogen-bond acceptors (Lipinski definition) is 2. The molecule has 0 fully saturated rings. The van der Waals surface area contributed by atoms with E-state index in [1.807, 2.05) is 13.8 Å². The minimum Gasteiger partial charge on any atom is -0.477 e. The Bertz CT molecular complexity index is 425. The Kier molecular flexibility index (Phi) is 2.63. The Labute approximate surface area is 97.6 Å². The predicted molar refractivity (Wildman–Crippen MR) is 56.0 cm³/mol. The Hall–Kier alpha value is -1.20. The van der Waals surface area contributed by atoms with Gasteiger partial charge in [0.1, 0.15) is 12.0 Å². The molecule has 3 nitrogen and oxygen atoms in total. The minimum atomic E-state index is -4.28. The third-order valence-corrected chi connectivity index (χ3v) is 3.15. The molecule has 96 valence electrons. The molecule has 6 heteroatoms. The summed E-state index contributed by atoms with van der Waals surface area (Å²) in [7, 11) is 0. The number of halogens is 3. The van der Waals surface area contributed by atoms with Crippen molar-refractivity contribution < 1.29 is 17.9 Å². The molecular formula is C11H15F3N2O. The van der Waals surface area contributed by atoms with Crippen LogP contribution in [0.25, 0.3) is 0 Å². The van der Waals surface area contributed by atoms with Gasteiger partial charge in [-0.15, -0.1) is 0 Å². The first kappa shape index (κ1) is 12.3. The van der Waals surface area contributed by atoms with E-state index in [4.69, 9.17) is 4.74 Å². The van der Waals surface area contributed by atoms with Crippen LogP contribution in [0.4, 0.5) is 13.2 Å². The second-order valence-corrected chi connectivity index (χ2v) is 5.06. The second kappa shape index (κ2) is 3.65. The van der Waals surface area contributed by atoms with Crippen molar-refractivity contribution in [3.05, 3.63) is 11.8 Å². The van der Waals surface area contributed by atoms with E-state index in [2.05, 4.69) is 5.10 Å². The molecule has 0 spiro atoms. The summed E-state index contributed by atoms with van der Waals surface area (Å²) in [6.45, 7) is 4.55. The first-order chi connectivity index (χ1) is 7.74. The molecule has 1 unspecified atom stereocenters. The zero-order valence-electron chi connectivity index (χ0n) is 10.0. The molecule has 0 aliphatic carbocycles. The maximum Gasteiger partial charge on any atom is 0.399 e. The van der Waals surface area contributed by atoms with Crippen LogP contribution in [-0.2, 0) is 6.54 Å². The molecule has 1 aromatic heterocycles. The highest BCUT2D eigenvalue weighted by molar-refractivity contribution is 5.28. The lowest BCUT2D eigenvalue weighted by atomic mass is 9.90. The molecule has 1 atom stereocenters. The molecule has 0 bridgehead atoms. The van der Waals surface area contributed by atoms with Crippen LogP contribution in [0.2, 0.25) is 0 Å². The van der Waals surface area contributed by atoms with Crippen molar-refractivity contribution in [2.45, 2.75) is 39.4 Å². The maximum absolute atomic E-state index is 12.9. The fourth-order valence-electron chi connectivity index (χ4n) is 1.83. The molecule has 0 aromatic carbocycles. The normalized spacial score (nSPS) is 24.6. The molecule has 0 saturated carbocycles. The highest BCUT2D eigenvalue weighted by atomic mass is 19.4. The number of alkyl halides is 3. The van der Waals surface area contributed by atoms with Crippen molar-refractivity contribution in [2.75, 3.05) is 6.61 Å². The minimum absolute atomic E-state index is 0.182. The molecule has 2 heterocycles. The second-order valence-electron chi connectivity index (χ2n) is 5.06. The van der Waals surface area contributed by atoms with Crippen molar-refractivity contribution in [3.8, 4) is 5.88 Å². The average molecular weight is 248 g/mol. The van der Waals surface area contributed by atoms with Crippen LogP contribution in [-0.4, -0.2) is 22.6 Å². The Morgan fingerprint density at radius 2 is 2.12 bits per heavy atom. The van der Waals surface area contributed by atoms with E-state index in [1.54, 1.807) is 6.20 Å². The highest BCUT2D eigenvalue weighted by Gasteiger charge is 2.54. The van der Waals surface area contributed by atoms with Gasteiger partial charge in [0.05, 0.1) is 12.7 Å². The van der Waals surface area contributed by atoms with Crippen LogP contribution >= 0.6 is 0 Å². The monoisotopic (exact) mass is 248 g/mol. The summed E-state index contributed by atoms with van der Waals surface area (Å²) in [6.07, 6.45) is -2.70. The first-order valence-electron chi connectivity index (χ1n) is 5.50. The molecule has 0 radical (unpaired) electrons. The van der Waals surface area contributed by atoms with E-state index >= 15 is 0 Å². The summed E-state index contributed by atoms with van der Waals surface area (Å²) in [5.74, 6) is 0.663. The standard InChI is InChI=1S/C11H15F3N2O/c1-7(2)8-4-15-16-5-10(3,11(12,13)14)6-17-9(8)16/h4,7H,5-6H2,1-3H3. The number of ether oxygens (including phenoxy) is 1. The van der Waals surface area contributed by atoms with Crippen molar-refractivity contribution in [1.29, 1.82) is 0 Å². The molecular weight excluding hydrogens is 233 g/mol. The third-order valence-electron chi connectivity index (χ3n) is 3.15. The van der Waals surface area contributed by atoms with Crippen LogP contribution in [0.5, 0.6) is 5.88 Å². The molecule has 0 saturated heterocycles. The smallest absolute Gasteiger partial charge is 0.399 e. The van der Waals surface area contributed by atoms with Gasteiger partial charge < -0.3 is 4.74 Å². The van der Waals surface area contributed by atoms with E-state index in [9.17, 15) is 13.2 Å². The summed E-state index contributed by atoms with van der Waals surface area (Å²) in [5, 5.41) is 3.98. The summed E-state index contributed by atoms with van der Waals surface area (Å²) >= 11 is 0. The van der Waals surface area contributed by atoms with Gasteiger partial charge in [-0.25, -0.2) is 4.68 Å². The summed E-state index contributed by atoms with van der Waals surface area (Å²) in [4.78, 5) is 0. The van der Waals surface area contributed by atoms with Crippen molar-refractivity contribution in [2.24, 2.45) is 5.41 Å². The van der Waals surface area contributed by atoms with E-state index in [-0.39, 0.29) is 19.1 Å². The first-order valence-corrected chi connectivity index (χ1v) is 5.50. The summed E-state index contributed by atoms with van der Waals surface area (Å²) < 4.78 is 45.2. The number of nitrogens with zero attached hydrogens (tertiary/aromatic N) is 2. The maximum atomic E-state index is 12.9. The van der Waals surface area contributed by atoms with Gasteiger partial charge in [-0.05, 0) is 12.8 Å². The lowest BCUT2D eigenvalue weighted by Gasteiger charge is -2.35.